The molecule has 0 spiro atoms. The van der Waals surface area contributed by atoms with Crippen molar-refractivity contribution in [1.29, 1.82) is 0 Å². The van der Waals surface area contributed by atoms with Gasteiger partial charge in [0.25, 0.3) is 5.91 Å². The van der Waals surface area contributed by atoms with E-state index in [9.17, 15) is 14.0 Å². The molecule has 1 aliphatic carbocycles. The Labute approximate surface area is 164 Å². The Kier molecular flexibility index (Phi) is 5.10. The average Bonchev–Trinajstić information content (AvgIpc) is 3.12. The van der Waals surface area contributed by atoms with Crippen molar-refractivity contribution < 1.29 is 14.0 Å². The molecule has 2 atom stereocenters. The van der Waals surface area contributed by atoms with Crippen LogP contribution < -0.4 is 5.32 Å². The molecule has 1 aromatic heterocycles. The van der Waals surface area contributed by atoms with Crippen LogP contribution in [0.1, 0.15) is 41.7 Å². The molecule has 4 rings (SSSR count). The molecule has 0 radical (unpaired) electrons. The first-order valence-electron chi connectivity index (χ1n) is 9.99. The van der Waals surface area contributed by atoms with Crippen LogP contribution in [-0.2, 0) is 4.79 Å². The zero-order valence-electron chi connectivity index (χ0n) is 16.4. The summed E-state index contributed by atoms with van der Waals surface area (Å²) in [5.41, 5.74) is 1.94. The lowest BCUT2D eigenvalue weighted by molar-refractivity contribution is -0.138. The molecule has 1 saturated heterocycles. The molecule has 2 fully saturated rings. The fourth-order valence-corrected chi connectivity index (χ4v) is 4.48. The largest absolute Gasteiger partial charge is 0.350 e. The molecule has 1 saturated carbocycles. The second-order valence-electron chi connectivity index (χ2n) is 8.15. The summed E-state index contributed by atoms with van der Waals surface area (Å²) < 4.78 is 14.0. The molecule has 2 amide bonds. The van der Waals surface area contributed by atoms with Gasteiger partial charge in [-0.25, -0.2) is 4.39 Å². The fourth-order valence-electron chi connectivity index (χ4n) is 4.48. The van der Waals surface area contributed by atoms with Crippen molar-refractivity contribution in [3.05, 3.63) is 35.3 Å². The van der Waals surface area contributed by atoms with E-state index in [1.54, 1.807) is 12.1 Å². The number of H-pyrrole nitrogens is 1. The number of hydrogen-bond donors (Lipinski definition) is 2. The van der Waals surface area contributed by atoms with Gasteiger partial charge in [-0.05, 0) is 57.4 Å². The minimum absolute atomic E-state index is 0.0241. The topological polar surface area (TPSA) is 68.4 Å². The number of carbonyl (C=O) groups excluding carboxylic acids is 2. The van der Waals surface area contributed by atoms with Crippen molar-refractivity contribution >= 4 is 22.7 Å². The number of nitrogens with one attached hydrogen (secondary N) is 2. The number of benzene rings is 1. The van der Waals surface area contributed by atoms with Gasteiger partial charge in [0.2, 0.25) is 5.91 Å². The number of likely N-dealkylation sites (N-methyl/N-ethyl adjacent to an activating group) is 1. The quantitative estimate of drug-likeness (QED) is 0.851. The van der Waals surface area contributed by atoms with E-state index >= 15 is 0 Å². The van der Waals surface area contributed by atoms with Gasteiger partial charge >= 0.3 is 0 Å². The van der Waals surface area contributed by atoms with E-state index in [2.05, 4.69) is 10.3 Å². The molecule has 2 heterocycles. The van der Waals surface area contributed by atoms with Gasteiger partial charge < -0.3 is 15.2 Å². The van der Waals surface area contributed by atoms with E-state index < -0.39 is 0 Å². The number of halogens is 1. The van der Waals surface area contributed by atoms with Gasteiger partial charge in [-0.2, -0.15) is 0 Å². The van der Waals surface area contributed by atoms with Gasteiger partial charge in [-0.15, -0.1) is 0 Å². The van der Waals surface area contributed by atoms with Gasteiger partial charge in [0.1, 0.15) is 11.5 Å². The summed E-state index contributed by atoms with van der Waals surface area (Å²) >= 11 is 0. The lowest BCUT2D eigenvalue weighted by Gasteiger charge is -2.41. The van der Waals surface area contributed by atoms with E-state index in [1.807, 2.05) is 23.8 Å². The summed E-state index contributed by atoms with van der Waals surface area (Å²) in [6.45, 7) is 3.99. The highest BCUT2D eigenvalue weighted by Gasteiger charge is 2.32. The first-order chi connectivity index (χ1) is 13.4. The number of carbonyl (C=O) groups is 2. The zero-order chi connectivity index (χ0) is 19.8. The molecule has 0 bridgehead atoms. The maximum Gasteiger partial charge on any atom is 0.267 e. The fraction of sp³-hybridized carbons (Fsp3) is 0.524. The smallest absolute Gasteiger partial charge is 0.267 e. The second kappa shape index (κ2) is 7.54. The third-order valence-corrected chi connectivity index (χ3v) is 6.06. The number of rotatable bonds is 3. The Morgan fingerprint density at radius 1 is 1.29 bits per heavy atom. The first-order valence-corrected chi connectivity index (χ1v) is 9.99. The van der Waals surface area contributed by atoms with Crippen molar-refractivity contribution in [2.24, 2.45) is 0 Å². The number of aryl methyl sites for hydroxylation is 1. The van der Waals surface area contributed by atoms with Crippen LogP contribution in [0.2, 0.25) is 0 Å². The van der Waals surface area contributed by atoms with E-state index in [-0.39, 0.29) is 29.7 Å². The number of nitrogens with zero attached hydrogens (tertiary/aromatic N) is 2. The van der Waals surface area contributed by atoms with Gasteiger partial charge in [-0.1, -0.05) is 6.07 Å². The average molecular weight is 386 g/mol. The van der Waals surface area contributed by atoms with Crippen LogP contribution >= 0.6 is 0 Å². The van der Waals surface area contributed by atoms with Gasteiger partial charge in [0.05, 0.1) is 12.1 Å². The van der Waals surface area contributed by atoms with Gasteiger partial charge in [0, 0.05) is 30.6 Å². The van der Waals surface area contributed by atoms with Gasteiger partial charge in [-0.3, -0.25) is 14.5 Å². The highest BCUT2D eigenvalue weighted by molar-refractivity contribution is 5.99. The van der Waals surface area contributed by atoms with E-state index in [0.29, 0.717) is 23.1 Å². The molecule has 0 unspecified atom stereocenters. The Bertz CT molecular complexity index is 870. The summed E-state index contributed by atoms with van der Waals surface area (Å²) in [5.74, 6) is -0.375. The molecule has 150 valence electrons. The number of fused-ring (bicyclic) bond motifs is 1. The predicted octanol–water partition coefficient (Wildman–Crippen LogP) is 2.43. The highest BCUT2D eigenvalue weighted by Crippen LogP contribution is 2.26. The summed E-state index contributed by atoms with van der Waals surface area (Å²) in [4.78, 5) is 32.2. The Morgan fingerprint density at radius 3 is 2.86 bits per heavy atom. The van der Waals surface area contributed by atoms with Crippen molar-refractivity contribution in [3.63, 3.8) is 0 Å². The Hall–Kier alpha value is -2.41. The monoisotopic (exact) mass is 386 g/mol. The summed E-state index contributed by atoms with van der Waals surface area (Å²) in [6, 6.07) is 4.91. The highest BCUT2D eigenvalue weighted by atomic mass is 19.1. The van der Waals surface area contributed by atoms with Crippen molar-refractivity contribution in [1.82, 2.24) is 20.1 Å². The molecular weight excluding hydrogens is 359 g/mol. The maximum atomic E-state index is 14.0. The third kappa shape index (κ3) is 3.63. The Balaban J connectivity index is 1.44. The van der Waals surface area contributed by atoms with Crippen LogP contribution in [0.15, 0.2) is 18.2 Å². The number of hydrogen-bond acceptors (Lipinski definition) is 3. The van der Waals surface area contributed by atoms with Crippen LogP contribution in [0.5, 0.6) is 0 Å². The van der Waals surface area contributed by atoms with E-state index in [0.717, 1.165) is 44.3 Å². The number of amides is 2. The molecule has 1 aromatic carbocycles. The van der Waals surface area contributed by atoms with E-state index in [1.165, 1.54) is 6.07 Å². The van der Waals surface area contributed by atoms with Crippen LogP contribution in [0, 0.1) is 12.7 Å². The van der Waals surface area contributed by atoms with Crippen molar-refractivity contribution in [2.75, 3.05) is 26.7 Å². The van der Waals surface area contributed by atoms with Crippen LogP contribution in [0.25, 0.3) is 10.9 Å². The van der Waals surface area contributed by atoms with Crippen LogP contribution in [-0.4, -0.2) is 65.4 Å². The van der Waals surface area contributed by atoms with Crippen molar-refractivity contribution in [2.45, 2.75) is 44.7 Å². The maximum absolute atomic E-state index is 14.0. The molecule has 2 aromatic rings. The zero-order valence-corrected chi connectivity index (χ0v) is 16.4. The molecular formula is C21H27FN4O2. The van der Waals surface area contributed by atoms with E-state index in [4.69, 9.17) is 0 Å². The normalized spacial score (nSPS) is 24.0. The summed E-state index contributed by atoms with van der Waals surface area (Å²) in [7, 11) is 1.96. The van der Waals surface area contributed by atoms with Crippen LogP contribution in [0.4, 0.5) is 4.39 Å². The lowest BCUT2D eigenvalue weighted by Crippen LogP contribution is -2.55. The SMILES string of the molecule is Cc1ccc(F)c2cc(C(=O)N[C@@H]3CCC[C@@H](N4CCN(C)CC4=O)C3)[nH]c12. The summed E-state index contributed by atoms with van der Waals surface area (Å²) in [6.07, 6.45) is 3.64. The molecule has 7 heteroatoms. The standard InChI is InChI=1S/C21H27FN4O2/c1-13-6-7-17(22)16-11-18(24-20(13)16)21(28)23-14-4-3-5-15(10-14)26-9-8-25(2)12-19(26)27/h6-7,11,14-15,24H,3-5,8-10,12H2,1-2H3,(H,23,28)/t14-,15-/m1/s1. The molecule has 2 N–H and O–H groups in total. The lowest BCUT2D eigenvalue weighted by atomic mass is 9.89. The minimum atomic E-state index is -0.331. The minimum Gasteiger partial charge on any atom is -0.350 e. The second-order valence-corrected chi connectivity index (χ2v) is 8.15. The molecule has 6 nitrogen and oxygen atoms in total. The Morgan fingerprint density at radius 2 is 2.11 bits per heavy atom. The van der Waals surface area contributed by atoms with Gasteiger partial charge in [0.15, 0.2) is 0 Å². The molecule has 1 aliphatic heterocycles. The van der Waals surface area contributed by atoms with Crippen molar-refractivity contribution in [3.8, 4) is 0 Å². The van der Waals surface area contributed by atoms with Crippen LogP contribution in [0.3, 0.4) is 0 Å². The number of aromatic nitrogens is 1. The first kappa shape index (κ1) is 18.9. The number of aromatic amines is 1. The third-order valence-electron chi connectivity index (χ3n) is 6.06. The summed E-state index contributed by atoms with van der Waals surface area (Å²) in [5, 5.41) is 3.53. The predicted molar refractivity (Wildman–Crippen MR) is 106 cm³/mol. The number of piperazine rings is 1. The molecule has 28 heavy (non-hydrogen) atoms. The molecule has 2 aliphatic rings.